The van der Waals surface area contributed by atoms with Crippen molar-refractivity contribution in [1.29, 1.82) is 0 Å². The summed E-state index contributed by atoms with van der Waals surface area (Å²) in [6.45, 7) is 3.74. The van der Waals surface area contributed by atoms with Gasteiger partial charge in [0.1, 0.15) is 5.75 Å². The van der Waals surface area contributed by atoms with Gasteiger partial charge in [0.2, 0.25) is 0 Å². The number of rotatable bonds is 4. The molecule has 0 fully saturated rings. The van der Waals surface area contributed by atoms with Gasteiger partial charge in [-0.1, -0.05) is 30.9 Å². The first-order chi connectivity index (χ1) is 9.45. The van der Waals surface area contributed by atoms with Gasteiger partial charge in [-0.3, -0.25) is 0 Å². The number of ether oxygens (including phenoxy) is 1. The van der Waals surface area contributed by atoms with Crippen molar-refractivity contribution in [3.63, 3.8) is 0 Å². The molecule has 0 aliphatic rings. The van der Waals surface area contributed by atoms with Crippen LogP contribution in [0.5, 0.6) is 5.75 Å². The highest BCUT2D eigenvalue weighted by Crippen LogP contribution is 2.32. The fourth-order valence-electron chi connectivity index (χ4n) is 1.97. The van der Waals surface area contributed by atoms with Crippen LogP contribution in [0, 0.1) is 0 Å². The summed E-state index contributed by atoms with van der Waals surface area (Å²) in [6, 6.07) is 12.5. The SMILES string of the molecule is C=Cc1ccc(OC)c(-c2cccc(S(C)(=O)=O)c2)c1. The van der Waals surface area contributed by atoms with Gasteiger partial charge in [-0.2, -0.15) is 0 Å². The van der Waals surface area contributed by atoms with Crippen LogP contribution >= 0.6 is 0 Å². The average molecular weight is 288 g/mol. The van der Waals surface area contributed by atoms with Crippen LogP contribution in [-0.4, -0.2) is 21.8 Å². The van der Waals surface area contributed by atoms with Gasteiger partial charge in [-0.25, -0.2) is 8.42 Å². The molecule has 4 heteroatoms. The molecular formula is C16H16O3S. The second-order valence-electron chi connectivity index (χ2n) is 4.46. The number of benzene rings is 2. The third-order valence-corrected chi connectivity index (χ3v) is 4.14. The normalized spacial score (nSPS) is 11.1. The summed E-state index contributed by atoms with van der Waals surface area (Å²) in [5.74, 6) is 0.696. The molecule has 2 aromatic carbocycles. The maximum Gasteiger partial charge on any atom is 0.175 e. The van der Waals surface area contributed by atoms with Crippen molar-refractivity contribution in [2.75, 3.05) is 13.4 Å². The lowest BCUT2D eigenvalue weighted by atomic mass is 10.0. The molecule has 104 valence electrons. The summed E-state index contributed by atoms with van der Waals surface area (Å²) in [6.07, 6.45) is 2.94. The van der Waals surface area contributed by atoms with Crippen molar-refractivity contribution < 1.29 is 13.2 Å². The van der Waals surface area contributed by atoms with Crippen LogP contribution < -0.4 is 4.74 Å². The molecule has 0 N–H and O–H groups in total. The largest absolute Gasteiger partial charge is 0.496 e. The van der Waals surface area contributed by atoms with Gasteiger partial charge < -0.3 is 4.74 Å². The van der Waals surface area contributed by atoms with E-state index >= 15 is 0 Å². The lowest BCUT2D eigenvalue weighted by Gasteiger charge is -2.10. The first-order valence-electron chi connectivity index (χ1n) is 6.06. The zero-order valence-corrected chi connectivity index (χ0v) is 12.3. The number of hydrogen-bond acceptors (Lipinski definition) is 3. The lowest BCUT2D eigenvalue weighted by molar-refractivity contribution is 0.416. The maximum atomic E-state index is 11.6. The zero-order chi connectivity index (χ0) is 14.8. The average Bonchev–Trinajstić information content (AvgIpc) is 2.45. The Morgan fingerprint density at radius 2 is 1.90 bits per heavy atom. The Labute approximate surface area is 119 Å². The van der Waals surface area contributed by atoms with Crippen molar-refractivity contribution in [3.8, 4) is 16.9 Å². The summed E-state index contributed by atoms with van der Waals surface area (Å²) in [5.41, 5.74) is 2.59. The maximum absolute atomic E-state index is 11.6. The van der Waals surface area contributed by atoms with Gasteiger partial charge in [0.05, 0.1) is 12.0 Å². The molecule has 3 nitrogen and oxygen atoms in total. The molecule has 2 rings (SSSR count). The molecule has 2 aromatic rings. The highest BCUT2D eigenvalue weighted by molar-refractivity contribution is 7.90. The molecule has 0 amide bonds. The number of sulfone groups is 1. The second kappa shape index (κ2) is 5.51. The molecule has 0 bridgehead atoms. The van der Waals surface area contributed by atoms with Gasteiger partial charge in [-0.05, 0) is 35.4 Å². The molecule has 0 saturated carbocycles. The highest BCUT2D eigenvalue weighted by Gasteiger charge is 2.11. The van der Waals surface area contributed by atoms with E-state index in [0.717, 1.165) is 16.7 Å². The quantitative estimate of drug-likeness (QED) is 0.866. The van der Waals surface area contributed by atoms with Gasteiger partial charge in [0, 0.05) is 11.8 Å². The first kappa shape index (κ1) is 14.3. The van der Waals surface area contributed by atoms with E-state index in [4.69, 9.17) is 4.74 Å². The monoisotopic (exact) mass is 288 g/mol. The van der Waals surface area contributed by atoms with E-state index < -0.39 is 9.84 Å². The zero-order valence-electron chi connectivity index (χ0n) is 11.5. The van der Waals surface area contributed by atoms with Crippen molar-refractivity contribution >= 4 is 15.9 Å². The van der Waals surface area contributed by atoms with Crippen molar-refractivity contribution in [2.24, 2.45) is 0 Å². The molecule has 0 heterocycles. The molecule has 0 unspecified atom stereocenters. The van der Waals surface area contributed by atoms with Crippen LogP contribution in [0.3, 0.4) is 0 Å². The Hall–Kier alpha value is -2.07. The Morgan fingerprint density at radius 3 is 2.50 bits per heavy atom. The Balaban J connectivity index is 2.64. The van der Waals surface area contributed by atoms with E-state index in [9.17, 15) is 8.42 Å². The fraction of sp³-hybridized carbons (Fsp3) is 0.125. The molecule has 0 aromatic heterocycles. The highest BCUT2D eigenvalue weighted by atomic mass is 32.2. The van der Waals surface area contributed by atoms with E-state index in [0.29, 0.717) is 10.6 Å². The summed E-state index contributed by atoms with van der Waals surface area (Å²) in [4.78, 5) is 0.293. The molecule has 0 aliphatic heterocycles. The third kappa shape index (κ3) is 2.91. The van der Waals surface area contributed by atoms with Crippen LogP contribution in [-0.2, 0) is 9.84 Å². The van der Waals surface area contributed by atoms with E-state index in [1.807, 2.05) is 24.3 Å². The van der Waals surface area contributed by atoms with Gasteiger partial charge >= 0.3 is 0 Å². The van der Waals surface area contributed by atoms with Crippen molar-refractivity contribution in [2.45, 2.75) is 4.90 Å². The second-order valence-corrected chi connectivity index (χ2v) is 6.48. The first-order valence-corrected chi connectivity index (χ1v) is 7.96. The van der Waals surface area contributed by atoms with E-state index in [2.05, 4.69) is 6.58 Å². The van der Waals surface area contributed by atoms with Crippen molar-refractivity contribution in [3.05, 3.63) is 54.6 Å². The smallest absolute Gasteiger partial charge is 0.175 e. The summed E-state index contributed by atoms with van der Waals surface area (Å²) in [7, 11) is -1.64. The van der Waals surface area contributed by atoms with Gasteiger partial charge in [0.25, 0.3) is 0 Å². The number of hydrogen-bond donors (Lipinski definition) is 0. The van der Waals surface area contributed by atoms with E-state index in [1.165, 1.54) is 6.26 Å². The predicted molar refractivity (Wildman–Crippen MR) is 81.6 cm³/mol. The minimum absolute atomic E-state index is 0.293. The van der Waals surface area contributed by atoms with Gasteiger partial charge in [0.15, 0.2) is 9.84 Å². The Morgan fingerprint density at radius 1 is 1.15 bits per heavy atom. The standard InChI is InChI=1S/C16H16O3S/c1-4-12-8-9-16(19-2)15(10-12)13-6-5-7-14(11-13)20(3,17)18/h4-11H,1H2,2-3H3. The third-order valence-electron chi connectivity index (χ3n) is 3.03. The molecule has 0 aliphatic carbocycles. The van der Waals surface area contributed by atoms with Crippen LogP contribution in [0.15, 0.2) is 53.9 Å². The molecule has 0 atom stereocenters. The number of methoxy groups -OCH3 is 1. The van der Waals surface area contributed by atoms with Crippen molar-refractivity contribution in [1.82, 2.24) is 0 Å². The topological polar surface area (TPSA) is 43.4 Å². The predicted octanol–water partition coefficient (Wildman–Crippen LogP) is 3.41. The van der Waals surface area contributed by atoms with Crippen LogP contribution in [0.4, 0.5) is 0 Å². The lowest BCUT2D eigenvalue weighted by Crippen LogP contribution is -1.97. The van der Waals surface area contributed by atoms with Gasteiger partial charge in [-0.15, -0.1) is 0 Å². The minimum Gasteiger partial charge on any atom is -0.496 e. The Kier molecular flexibility index (Phi) is 3.95. The molecule has 20 heavy (non-hydrogen) atoms. The van der Waals surface area contributed by atoms with Crippen LogP contribution in [0.25, 0.3) is 17.2 Å². The Bertz CT molecular complexity index is 746. The van der Waals surface area contributed by atoms with E-state index in [-0.39, 0.29) is 0 Å². The summed E-state index contributed by atoms with van der Waals surface area (Å²) in [5, 5.41) is 0. The summed E-state index contributed by atoms with van der Waals surface area (Å²) >= 11 is 0. The molecule has 0 saturated heterocycles. The molecular weight excluding hydrogens is 272 g/mol. The van der Waals surface area contributed by atoms with Crippen LogP contribution in [0.1, 0.15) is 5.56 Å². The molecule has 0 spiro atoms. The van der Waals surface area contributed by atoms with Crippen LogP contribution in [0.2, 0.25) is 0 Å². The molecule has 0 radical (unpaired) electrons. The fourth-order valence-corrected chi connectivity index (χ4v) is 2.64. The summed E-state index contributed by atoms with van der Waals surface area (Å²) < 4.78 is 28.6. The minimum atomic E-state index is -3.23. The van der Waals surface area contributed by atoms with E-state index in [1.54, 1.807) is 31.4 Å².